The van der Waals surface area contributed by atoms with Crippen molar-refractivity contribution in [3.8, 4) is 0 Å². The normalized spacial score (nSPS) is 18.2. The summed E-state index contributed by atoms with van der Waals surface area (Å²) in [5.74, 6) is -0.373. The van der Waals surface area contributed by atoms with Gasteiger partial charge >= 0.3 is 0 Å². The lowest BCUT2D eigenvalue weighted by molar-refractivity contribution is -0.117. The van der Waals surface area contributed by atoms with Crippen molar-refractivity contribution < 1.29 is 9.18 Å². The molecule has 1 N–H and O–H groups in total. The summed E-state index contributed by atoms with van der Waals surface area (Å²) in [7, 11) is 0. The molecule has 1 heterocycles. The predicted molar refractivity (Wildman–Crippen MR) is 99.5 cm³/mol. The Morgan fingerprint density at radius 2 is 1.80 bits per heavy atom. The number of hydrogen-bond acceptors (Lipinski definition) is 3. The molecule has 0 unspecified atom stereocenters. The van der Waals surface area contributed by atoms with Crippen LogP contribution in [-0.2, 0) is 4.79 Å². The summed E-state index contributed by atoms with van der Waals surface area (Å²) in [5, 5.41) is 2.82. The third-order valence-electron chi connectivity index (χ3n) is 4.57. The average molecular weight is 341 g/mol. The molecule has 0 aliphatic carbocycles. The zero-order chi connectivity index (χ0) is 17.8. The molecular formula is C20H24FN3O. The molecule has 0 saturated carbocycles. The van der Waals surface area contributed by atoms with Gasteiger partial charge in [-0.25, -0.2) is 4.39 Å². The van der Waals surface area contributed by atoms with Crippen molar-refractivity contribution in [3.63, 3.8) is 0 Å². The van der Waals surface area contributed by atoms with Gasteiger partial charge in [0.15, 0.2) is 0 Å². The highest BCUT2D eigenvalue weighted by Gasteiger charge is 2.25. The Labute approximate surface area is 148 Å². The first-order valence-corrected chi connectivity index (χ1v) is 8.62. The zero-order valence-corrected chi connectivity index (χ0v) is 14.7. The van der Waals surface area contributed by atoms with E-state index in [1.165, 1.54) is 23.4 Å². The molecule has 1 saturated heterocycles. The minimum atomic E-state index is -0.306. The minimum absolute atomic E-state index is 0.0670. The fourth-order valence-electron chi connectivity index (χ4n) is 3.23. The van der Waals surface area contributed by atoms with Crippen LogP contribution in [0.2, 0.25) is 0 Å². The maximum absolute atomic E-state index is 12.9. The first-order chi connectivity index (χ1) is 12.0. The van der Waals surface area contributed by atoms with Crippen molar-refractivity contribution in [2.45, 2.75) is 19.9 Å². The van der Waals surface area contributed by atoms with E-state index < -0.39 is 0 Å². The Kier molecular flexibility index (Phi) is 5.34. The number of nitrogens with zero attached hydrogens (tertiary/aromatic N) is 2. The zero-order valence-electron chi connectivity index (χ0n) is 14.7. The summed E-state index contributed by atoms with van der Waals surface area (Å²) < 4.78 is 12.9. The third kappa shape index (κ3) is 4.57. The van der Waals surface area contributed by atoms with Crippen LogP contribution in [0.25, 0.3) is 0 Å². The maximum Gasteiger partial charge on any atom is 0.238 e. The molecule has 1 amide bonds. The van der Waals surface area contributed by atoms with Gasteiger partial charge in [-0.1, -0.05) is 17.7 Å². The monoisotopic (exact) mass is 341 g/mol. The van der Waals surface area contributed by atoms with Crippen LogP contribution in [0.5, 0.6) is 0 Å². The Hall–Kier alpha value is -2.40. The Balaban J connectivity index is 1.53. The number of carbonyl (C=O) groups is 1. The Morgan fingerprint density at radius 3 is 2.44 bits per heavy atom. The van der Waals surface area contributed by atoms with Crippen molar-refractivity contribution in [3.05, 3.63) is 59.9 Å². The quantitative estimate of drug-likeness (QED) is 0.927. The summed E-state index contributed by atoms with van der Waals surface area (Å²) in [6.45, 7) is 7.20. The lowest BCUT2D eigenvalue weighted by Gasteiger charge is -2.41. The van der Waals surface area contributed by atoms with Gasteiger partial charge in [0, 0.05) is 37.1 Å². The summed E-state index contributed by atoms with van der Waals surface area (Å²) in [6.07, 6.45) is 0. The molecule has 4 nitrogen and oxygen atoms in total. The van der Waals surface area contributed by atoms with E-state index >= 15 is 0 Å². The lowest BCUT2D eigenvalue weighted by Crippen LogP contribution is -2.53. The van der Waals surface area contributed by atoms with Gasteiger partial charge in [-0.2, -0.15) is 0 Å². The SMILES string of the molecule is Cc1ccc(N2CCN(CC(=O)Nc3ccc(F)cc3)C[C@H]2C)cc1. The number of carbonyl (C=O) groups excluding carboxylic acids is 1. The molecule has 1 fully saturated rings. The van der Waals surface area contributed by atoms with Crippen molar-refractivity contribution in [1.82, 2.24) is 4.90 Å². The average Bonchev–Trinajstić information content (AvgIpc) is 2.58. The number of benzene rings is 2. The first kappa shape index (κ1) is 17.4. The van der Waals surface area contributed by atoms with Gasteiger partial charge in [-0.3, -0.25) is 9.69 Å². The molecular weight excluding hydrogens is 317 g/mol. The summed E-state index contributed by atoms with van der Waals surface area (Å²) in [4.78, 5) is 16.7. The molecule has 0 bridgehead atoms. The summed E-state index contributed by atoms with van der Waals surface area (Å²) >= 11 is 0. The van der Waals surface area contributed by atoms with Crippen LogP contribution < -0.4 is 10.2 Å². The fourth-order valence-corrected chi connectivity index (χ4v) is 3.23. The molecule has 5 heteroatoms. The molecule has 132 valence electrons. The topological polar surface area (TPSA) is 35.6 Å². The first-order valence-electron chi connectivity index (χ1n) is 8.62. The molecule has 2 aromatic rings. The highest BCUT2D eigenvalue weighted by atomic mass is 19.1. The summed E-state index contributed by atoms with van der Waals surface area (Å²) in [5.41, 5.74) is 3.11. The van der Waals surface area contributed by atoms with Crippen molar-refractivity contribution >= 4 is 17.3 Å². The molecule has 25 heavy (non-hydrogen) atoms. The molecule has 1 atom stereocenters. The smallest absolute Gasteiger partial charge is 0.238 e. The standard InChI is InChI=1S/C20H24FN3O/c1-15-3-9-19(10-4-15)24-12-11-23(13-16(24)2)14-20(25)22-18-7-5-17(21)6-8-18/h3-10,16H,11-14H2,1-2H3,(H,22,25)/t16-/m1/s1. The van der Waals surface area contributed by atoms with E-state index in [1.54, 1.807) is 12.1 Å². The van der Waals surface area contributed by atoms with E-state index in [1.807, 2.05) is 0 Å². The van der Waals surface area contributed by atoms with E-state index in [4.69, 9.17) is 0 Å². The molecule has 0 radical (unpaired) electrons. The van der Waals surface area contributed by atoms with Crippen molar-refractivity contribution in [2.75, 3.05) is 36.4 Å². The van der Waals surface area contributed by atoms with Crippen LogP contribution in [0, 0.1) is 12.7 Å². The van der Waals surface area contributed by atoms with E-state index in [9.17, 15) is 9.18 Å². The second kappa shape index (κ2) is 7.66. The fraction of sp³-hybridized carbons (Fsp3) is 0.350. The molecule has 1 aliphatic heterocycles. The van der Waals surface area contributed by atoms with Crippen molar-refractivity contribution in [2.24, 2.45) is 0 Å². The van der Waals surface area contributed by atoms with E-state index in [2.05, 4.69) is 53.2 Å². The van der Waals surface area contributed by atoms with Crippen LogP contribution in [0.4, 0.5) is 15.8 Å². The Bertz CT molecular complexity index is 715. The van der Waals surface area contributed by atoms with Gasteiger partial charge in [0.25, 0.3) is 0 Å². The number of aryl methyl sites for hydroxylation is 1. The number of nitrogens with one attached hydrogen (secondary N) is 1. The molecule has 2 aromatic carbocycles. The van der Waals surface area contributed by atoms with Gasteiger partial charge in [-0.05, 0) is 50.2 Å². The predicted octanol–water partition coefficient (Wildman–Crippen LogP) is 3.28. The number of piperazine rings is 1. The number of hydrogen-bond donors (Lipinski definition) is 1. The second-order valence-corrected chi connectivity index (χ2v) is 6.67. The van der Waals surface area contributed by atoms with Gasteiger partial charge in [-0.15, -0.1) is 0 Å². The van der Waals surface area contributed by atoms with E-state index in [-0.39, 0.29) is 11.7 Å². The van der Waals surface area contributed by atoms with Gasteiger partial charge in [0.05, 0.1) is 6.54 Å². The largest absolute Gasteiger partial charge is 0.366 e. The van der Waals surface area contributed by atoms with Gasteiger partial charge in [0.2, 0.25) is 5.91 Å². The van der Waals surface area contributed by atoms with Crippen LogP contribution >= 0.6 is 0 Å². The minimum Gasteiger partial charge on any atom is -0.366 e. The molecule has 3 rings (SSSR count). The summed E-state index contributed by atoms with van der Waals surface area (Å²) in [6, 6.07) is 14.8. The van der Waals surface area contributed by atoms with Gasteiger partial charge < -0.3 is 10.2 Å². The number of anilines is 2. The second-order valence-electron chi connectivity index (χ2n) is 6.67. The number of rotatable bonds is 4. The Morgan fingerprint density at radius 1 is 1.12 bits per heavy atom. The van der Waals surface area contributed by atoms with Crippen LogP contribution in [-0.4, -0.2) is 43.0 Å². The highest BCUT2D eigenvalue weighted by Crippen LogP contribution is 2.21. The number of amides is 1. The highest BCUT2D eigenvalue weighted by molar-refractivity contribution is 5.92. The van der Waals surface area contributed by atoms with E-state index in [0.29, 0.717) is 18.3 Å². The lowest BCUT2D eigenvalue weighted by atomic mass is 10.1. The molecule has 1 aliphatic rings. The maximum atomic E-state index is 12.9. The van der Waals surface area contributed by atoms with Crippen LogP contribution in [0.1, 0.15) is 12.5 Å². The molecule has 0 aromatic heterocycles. The molecule has 0 spiro atoms. The van der Waals surface area contributed by atoms with Gasteiger partial charge in [0.1, 0.15) is 5.82 Å². The van der Waals surface area contributed by atoms with E-state index in [0.717, 1.165) is 19.6 Å². The number of halogens is 1. The third-order valence-corrected chi connectivity index (χ3v) is 4.57. The van der Waals surface area contributed by atoms with Crippen LogP contribution in [0.3, 0.4) is 0 Å². The van der Waals surface area contributed by atoms with Crippen molar-refractivity contribution in [1.29, 1.82) is 0 Å². The van der Waals surface area contributed by atoms with Crippen LogP contribution in [0.15, 0.2) is 48.5 Å².